The van der Waals surface area contributed by atoms with Crippen molar-refractivity contribution in [3.63, 3.8) is 0 Å². The molecule has 0 bridgehead atoms. The minimum Gasteiger partial charge on any atom is -0.395 e. The van der Waals surface area contributed by atoms with Crippen LogP contribution in [0.5, 0.6) is 0 Å². The van der Waals surface area contributed by atoms with Crippen molar-refractivity contribution in [2.24, 2.45) is 0 Å². The SMILES string of the molecule is CC(C)(C)N1CCN(CCO)CC1(C)C. The molecule has 0 aromatic rings. The predicted octanol–water partition coefficient (Wildman–Crippen LogP) is 1.17. The molecule has 0 atom stereocenters. The van der Waals surface area contributed by atoms with E-state index in [9.17, 15) is 0 Å². The lowest BCUT2D eigenvalue weighted by molar-refractivity contribution is -0.0412. The molecule has 1 N–H and O–H groups in total. The van der Waals surface area contributed by atoms with Crippen LogP contribution in [0.2, 0.25) is 0 Å². The maximum atomic E-state index is 8.96. The standard InChI is InChI=1S/C12H26N2O/c1-11(2,3)14-7-6-13(8-9-15)10-12(14,4)5/h15H,6-10H2,1-5H3. The average molecular weight is 214 g/mol. The number of aliphatic hydroxyl groups is 1. The van der Waals surface area contributed by atoms with E-state index in [0.29, 0.717) is 0 Å². The molecule has 90 valence electrons. The predicted molar refractivity (Wildman–Crippen MR) is 64.1 cm³/mol. The summed E-state index contributed by atoms with van der Waals surface area (Å²) in [5.74, 6) is 0. The first-order valence-electron chi connectivity index (χ1n) is 5.88. The van der Waals surface area contributed by atoms with Crippen molar-refractivity contribution in [1.29, 1.82) is 0 Å². The largest absolute Gasteiger partial charge is 0.395 e. The van der Waals surface area contributed by atoms with E-state index in [2.05, 4.69) is 44.4 Å². The summed E-state index contributed by atoms with van der Waals surface area (Å²) in [6.07, 6.45) is 0. The second-order valence-corrected chi connectivity index (χ2v) is 6.13. The van der Waals surface area contributed by atoms with E-state index in [1.165, 1.54) is 0 Å². The van der Waals surface area contributed by atoms with Crippen molar-refractivity contribution < 1.29 is 5.11 Å². The molecule has 0 unspecified atom stereocenters. The maximum absolute atomic E-state index is 8.96. The van der Waals surface area contributed by atoms with Gasteiger partial charge in [0.15, 0.2) is 0 Å². The van der Waals surface area contributed by atoms with E-state index >= 15 is 0 Å². The molecule has 0 saturated carbocycles. The van der Waals surface area contributed by atoms with Crippen molar-refractivity contribution in [3.8, 4) is 0 Å². The van der Waals surface area contributed by atoms with Gasteiger partial charge in [-0.1, -0.05) is 0 Å². The summed E-state index contributed by atoms with van der Waals surface area (Å²) in [4.78, 5) is 4.91. The fraction of sp³-hybridized carbons (Fsp3) is 1.00. The third-order valence-electron chi connectivity index (χ3n) is 3.21. The fourth-order valence-electron chi connectivity index (χ4n) is 2.83. The minimum atomic E-state index is 0.200. The first kappa shape index (κ1) is 12.9. The van der Waals surface area contributed by atoms with E-state index < -0.39 is 0 Å². The van der Waals surface area contributed by atoms with Gasteiger partial charge in [-0.3, -0.25) is 9.80 Å². The molecular weight excluding hydrogens is 188 g/mol. The lowest BCUT2D eigenvalue weighted by Gasteiger charge is -2.53. The van der Waals surface area contributed by atoms with Crippen molar-refractivity contribution in [1.82, 2.24) is 9.80 Å². The van der Waals surface area contributed by atoms with E-state index in [0.717, 1.165) is 26.2 Å². The van der Waals surface area contributed by atoms with Crippen LogP contribution >= 0.6 is 0 Å². The molecule has 3 nitrogen and oxygen atoms in total. The molecule has 0 aromatic carbocycles. The first-order chi connectivity index (χ1) is 6.77. The van der Waals surface area contributed by atoms with Crippen molar-refractivity contribution >= 4 is 0 Å². The van der Waals surface area contributed by atoms with Crippen molar-refractivity contribution in [2.45, 2.75) is 45.7 Å². The van der Waals surface area contributed by atoms with Crippen LogP contribution in [0.15, 0.2) is 0 Å². The lowest BCUT2D eigenvalue weighted by Crippen LogP contribution is -2.64. The van der Waals surface area contributed by atoms with Crippen molar-refractivity contribution in [2.75, 3.05) is 32.8 Å². The smallest absolute Gasteiger partial charge is 0.0558 e. The van der Waals surface area contributed by atoms with Crippen LogP contribution in [0.25, 0.3) is 0 Å². The van der Waals surface area contributed by atoms with E-state index in [1.807, 2.05) is 0 Å². The molecule has 0 amide bonds. The second kappa shape index (κ2) is 4.40. The Bertz CT molecular complexity index is 208. The third kappa shape index (κ3) is 3.16. The molecule has 1 fully saturated rings. The van der Waals surface area contributed by atoms with Crippen LogP contribution in [0.1, 0.15) is 34.6 Å². The van der Waals surface area contributed by atoms with Crippen LogP contribution < -0.4 is 0 Å². The molecule has 1 aliphatic heterocycles. The number of aliphatic hydroxyl groups excluding tert-OH is 1. The fourth-order valence-corrected chi connectivity index (χ4v) is 2.83. The molecule has 1 aliphatic rings. The van der Waals surface area contributed by atoms with Crippen molar-refractivity contribution in [3.05, 3.63) is 0 Å². The Labute approximate surface area is 94.1 Å². The van der Waals surface area contributed by atoms with Gasteiger partial charge in [0.1, 0.15) is 0 Å². The monoisotopic (exact) mass is 214 g/mol. The highest BCUT2D eigenvalue weighted by molar-refractivity contribution is 4.95. The number of hydrogen-bond donors (Lipinski definition) is 1. The number of nitrogens with zero attached hydrogens (tertiary/aromatic N) is 2. The van der Waals surface area contributed by atoms with E-state index in [1.54, 1.807) is 0 Å². The van der Waals surface area contributed by atoms with Crippen LogP contribution in [-0.2, 0) is 0 Å². The van der Waals surface area contributed by atoms with Crippen LogP contribution in [0.3, 0.4) is 0 Å². The Morgan fingerprint density at radius 1 is 1.20 bits per heavy atom. The highest BCUT2D eigenvalue weighted by atomic mass is 16.3. The lowest BCUT2D eigenvalue weighted by atomic mass is 9.91. The molecule has 0 aromatic heterocycles. The zero-order valence-corrected chi connectivity index (χ0v) is 10.9. The van der Waals surface area contributed by atoms with Gasteiger partial charge >= 0.3 is 0 Å². The molecule has 1 heterocycles. The first-order valence-corrected chi connectivity index (χ1v) is 5.88. The quantitative estimate of drug-likeness (QED) is 0.747. The van der Waals surface area contributed by atoms with Gasteiger partial charge in [-0.2, -0.15) is 0 Å². The summed E-state index contributed by atoms with van der Waals surface area (Å²) in [5, 5.41) is 8.96. The Morgan fingerprint density at radius 2 is 1.80 bits per heavy atom. The van der Waals surface area contributed by atoms with E-state index in [-0.39, 0.29) is 17.7 Å². The van der Waals surface area contributed by atoms with Gasteiger partial charge in [-0.25, -0.2) is 0 Å². The highest BCUT2D eigenvalue weighted by Gasteiger charge is 2.38. The molecule has 0 aliphatic carbocycles. The topological polar surface area (TPSA) is 26.7 Å². The molecule has 1 rings (SSSR count). The summed E-state index contributed by atoms with van der Waals surface area (Å²) < 4.78 is 0. The highest BCUT2D eigenvalue weighted by Crippen LogP contribution is 2.28. The zero-order chi connectivity index (χ0) is 11.7. The zero-order valence-electron chi connectivity index (χ0n) is 10.9. The van der Waals surface area contributed by atoms with Gasteiger partial charge in [0.05, 0.1) is 6.61 Å². The maximum Gasteiger partial charge on any atom is 0.0558 e. The summed E-state index contributed by atoms with van der Waals surface area (Å²) in [6.45, 7) is 15.7. The number of piperazine rings is 1. The Morgan fingerprint density at radius 3 is 2.20 bits per heavy atom. The van der Waals surface area contributed by atoms with E-state index in [4.69, 9.17) is 5.11 Å². The van der Waals surface area contributed by atoms with Crippen LogP contribution in [-0.4, -0.2) is 58.8 Å². The van der Waals surface area contributed by atoms with Gasteiger partial charge in [-0.15, -0.1) is 0 Å². The molecule has 1 saturated heterocycles. The molecule has 3 heteroatoms. The van der Waals surface area contributed by atoms with Gasteiger partial charge in [0, 0.05) is 37.3 Å². The average Bonchev–Trinajstić information content (AvgIpc) is 1.99. The molecular formula is C12H26N2O. The summed E-state index contributed by atoms with van der Waals surface area (Å²) >= 11 is 0. The number of rotatable bonds is 2. The van der Waals surface area contributed by atoms with Gasteiger partial charge < -0.3 is 5.11 Å². The Kier molecular flexibility index (Phi) is 3.80. The minimum absolute atomic E-state index is 0.200. The third-order valence-corrected chi connectivity index (χ3v) is 3.21. The Hall–Kier alpha value is -0.120. The van der Waals surface area contributed by atoms with Gasteiger partial charge in [0.2, 0.25) is 0 Å². The molecule has 0 spiro atoms. The molecule has 0 radical (unpaired) electrons. The number of β-amino-alcohol motifs (C(OH)–C–C–N with tert-alkyl or cyclic N) is 1. The second-order valence-electron chi connectivity index (χ2n) is 6.13. The van der Waals surface area contributed by atoms with Gasteiger partial charge in [-0.05, 0) is 34.6 Å². The van der Waals surface area contributed by atoms with Crippen LogP contribution in [0.4, 0.5) is 0 Å². The van der Waals surface area contributed by atoms with Crippen LogP contribution in [0, 0.1) is 0 Å². The number of hydrogen-bond acceptors (Lipinski definition) is 3. The Balaban J connectivity index is 2.66. The summed E-state index contributed by atoms with van der Waals surface area (Å²) in [5.41, 5.74) is 0.431. The van der Waals surface area contributed by atoms with Gasteiger partial charge in [0.25, 0.3) is 0 Å². The normalized spacial score (nSPS) is 24.4. The summed E-state index contributed by atoms with van der Waals surface area (Å²) in [6, 6.07) is 0. The molecule has 15 heavy (non-hydrogen) atoms. The summed E-state index contributed by atoms with van der Waals surface area (Å²) in [7, 11) is 0.